The van der Waals surface area contributed by atoms with Crippen LogP contribution in [0.3, 0.4) is 0 Å². The van der Waals surface area contributed by atoms with E-state index in [0.717, 1.165) is 0 Å². The first kappa shape index (κ1) is 12.0. The molecule has 1 heterocycles. The van der Waals surface area contributed by atoms with Gasteiger partial charge in [-0.25, -0.2) is 4.39 Å². The Morgan fingerprint density at radius 3 is 2.71 bits per heavy atom. The zero-order chi connectivity index (χ0) is 12.3. The van der Waals surface area contributed by atoms with E-state index < -0.39 is 11.9 Å². The van der Waals surface area contributed by atoms with Gasteiger partial charge in [0.1, 0.15) is 5.82 Å². The van der Waals surface area contributed by atoms with Crippen molar-refractivity contribution in [3.05, 3.63) is 35.6 Å². The Labute approximate surface area is 99.2 Å². The average molecular weight is 238 g/mol. The predicted octanol–water partition coefficient (Wildman–Crippen LogP) is 2.42. The lowest BCUT2D eigenvalue weighted by atomic mass is 9.81. The van der Waals surface area contributed by atoms with Crippen molar-refractivity contribution >= 4 is 5.97 Å². The standard InChI is InChI=1S/C13H15FO3/c14-11-3-1-2-10(8-11)12(13(15)16)9-4-6-17-7-5-9/h1-3,8-9,12H,4-7H2,(H,15,16). The number of carbonyl (C=O) groups is 1. The van der Waals surface area contributed by atoms with Crippen molar-refractivity contribution in [1.82, 2.24) is 0 Å². The lowest BCUT2D eigenvalue weighted by Crippen LogP contribution is -2.27. The van der Waals surface area contributed by atoms with Gasteiger partial charge in [-0.3, -0.25) is 4.79 Å². The number of hydrogen-bond donors (Lipinski definition) is 1. The van der Waals surface area contributed by atoms with Crippen molar-refractivity contribution in [3.63, 3.8) is 0 Å². The first-order valence-electron chi connectivity index (χ1n) is 5.74. The fourth-order valence-electron chi connectivity index (χ4n) is 2.37. The first-order chi connectivity index (χ1) is 8.18. The highest BCUT2D eigenvalue weighted by atomic mass is 19.1. The van der Waals surface area contributed by atoms with Gasteiger partial charge in [0.2, 0.25) is 0 Å². The molecule has 0 saturated carbocycles. The zero-order valence-corrected chi connectivity index (χ0v) is 9.43. The summed E-state index contributed by atoms with van der Waals surface area (Å²) in [6.07, 6.45) is 1.43. The van der Waals surface area contributed by atoms with Crippen molar-refractivity contribution in [3.8, 4) is 0 Å². The summed E-state index contributed by atoms with van der Waals surface area (Å²) in [6.45, 7) is 1.17. The summed E-state index contributed by atoms with van der Waals surface area (Å²) in [5.74, 6) is -1.87. The number of carboxylic acid groups (broad SMARTS) is 1. The molecular weight excluding hydrogens is 223 g/mol. The van der Waals surface area contributed by atoms with Crippen LogP contribution in [-0.2, 0) is 9.53 Å². The van der Waals surface area contributed by atoms with Gasteiger partial charge in [-0.15, -0.1) is 0 Å². The van der Waals surface area contributed by atoms with Crippen LogP contribution < -0.4 is 0 Å². The number of carboxylic acids is 1. The minimum absolute atomic E-state index is 0.0306. The number of ether oxygens (including phenoxy) is 1. The van der Waals surface area contributed by atoms with E-state index in [9.17, 15) is 14.3 Å². The highest BCUT2D eigenvalue weighted by molar-refractivity contribution is 5.76. The van der Waals surface area contributed by atoms with Crippen molar-refractivity contribution in [2.45, 2.75) is 18.8 Å². The summed E-state index contributed by atoms with van der Waals surface area (Å²) in [7, 11) is 0. The van der Waals surface area contributed by atoms with Gasteiger partial charge in [-0.05, 0) is 36.5 Å². The second-order valence-electron chi connectivity index (χ2n) is 4.32. The highest BCUT2D eigenvalue weighted by Gasteiger charge is 2.31. The van der Waals surface area contributed by atoms with Gasteiger partial charge in [-0.2, -0.15) is 0 Å². The lowest BCUT2D eigenvalue weighted by Gasteiger charge is -2.27. The molecule has 1 unspecified atom stereocenters. The molecule has 1 aliphatic heterocycles. The Morgan fingerprint density at radius 2 is 2.12 bits per heavy atom. The molecule has 1 aliphatic rings. The van der Waals surface area contributed by atoms with Crippen LogP contribution in [0.2, 0.25) is 0 Å². The molecular formula is C13H15FO3. The second kappa shape index (κ2) is 5.27. The Hall–Kier alpha value is -1.42. The third-order valence-corrected chi connectivity index (χ3v) is 3.21. The molecule has 92 valence electrons. The summed E-state index contributed by atoms with van der Waals surface area (Å²) in [5, 5.41) is 9.31. The molecule has 17 heavy (non-hydrogen) atoms. The van der Waals surface area contributed by atoms with E-state index in [1.165, 1.54) is 12.1 Å². The van der Waals surface area contributed by atoms with Crippen LogP contribution in [-0.4, -0.2) is 24.3 Å². The molecule has 0 bridgehead atoms. The Balaban J connectivity index is 2.25. The maximum absolute atomic E-state index is 13.1. The smallest absolute Gasteiger partial charge is 0.311 e. The van der Waals surface area contributed by atoms with E-state index in [2.05, 4.69) is 0 Å². The SMILES string of the molecule is O=C(O)C(c1cccc(F)c1)C1CCOCC1. The third kappa shape index (κ3) is 2.82. The Kier molecular flexibility index (Phi) is 3.74. The Bertz CT molecular complexity index is 399. The topological polar surface area (TPSA) is 46.5 Å². The van der Waals surface area contributed by atoms with Crippen molar-refractivity contribution in [2.24, 2.45) is 5.92 Å². The van der Waals surface area contributed by atoms with E-state index in [0.29, 0.717) is 31.6 Å². The van der Waals surface area contributed by atoms with Crippen molar-refractivity contribution in [1.29, 1.82) is 0 Å². The number of rotatable bonds is 3. The molecule has 3 nitrogen and oxygen atoms in total. The van der Waals surface area contributed by atoms with E-state index in [4.69, 9.17) is 4.74 Å². The van der Waals surface area contributed by atoms with Crippen LogP contribution >= 0.6 is 0 Å². The molecule has 1 aromatic carbocycles. The fraction of sp³-hybridized carbons (Fsp3) is 0.462. The predicted molar refractivity (Wildman–Crippen MR) is 60.3 cm³/mol. The lowest BCUT2D eigenvalue weighted by molar-refractivity contribution is -0.141. The molecule has 1 atom stereocenters. The molecule has 1 saturated heterocycles. The van der Waals surface area contributed by atoms with Gasteiger partial charge in [-0.1, -0.05) is 12.1 Å². The van der Waals surface area contributed by atoms with Gasteiger partial charge in [0.15, 0.2) is 0 Å². The minimum atomic E-state index is -0.887. The number of aliphatic carboxylic acids is 1. The fourth-order valence-corrected chi connectivity index (χ4v) is 2.37. The molecule has 0 aliphatic carbocycles. The molecule has 0 radical (unpaired) electrons. The van der Waals surface area contributed by atoms with Crippen LogP contribution in [0, 0.1) is 11.7 Å². The van der Waals surface area contributed by atoms with E-state index in [1.54, 1.807) is 12.1 Å². The molecule has 0 spiro atoms. The van der Waals surface area contributed by atoms with Crippen LogP contribution in [0.15, 0.2) is 24.3 Å². The summed E-state index contributed by atoms with van der Waals surface area (Å²) >= 11 is 0. The monoisotopic (exact) mass is 238 g/mol. The molecule has 0 amide bonds. The minimum Gasteiger partial charge on any atom is -0.481 e. The second-order valence-corrected chi connectivity index (χ2v) is 4.32. The summed E-state index contributed by atoms with van der Waals surface area (Å²) < 4.78 is 18.4. The van der Waals surface area contributed by atoms with Crippen LogP contribution in [0.1, 0.15) is 24.3 Å². The average Bonchev–Trinajstić information content (AvgIpc) is 2.30. The maximum Gasteiger partial charge on any atom is 0.311 e. The van der Waals surface area contributed by atoms with Gasteiger partial charge in [0.05, 0.1) is 5.92 Å². The third-order valence-electron chi connectivity index (χ3n) is 3.21. The number of halogens is 1. The number of hydrogen-bond acceptors (Lipinski definition) is 2. The summed E-state index contributed by atoms with van der Waals surface area (Å²) in [5.41, 5.74) is 0.546. The van der Waals surface area contributed by atoms with Crippen LogP contribution in [0.25, 0.3) is 0 Å². The normalized spacial score (nSPS) is 18.9. The quantitative estimate of drug-likeness (QED) is 0.879. The van der Waals surface area contributed by atoms with E-state index in [1.807, 2.05) is 0 Å². The number of benzene rings is 1. The van der Waals surface area contributed by atoms with Gasteiger partial charge >= 0.3 is 5.97 Å². The summed E-state index contributed by atoms with van der Waals surface area (Å²) in [4.78, 5) is 11.3. The molecule has 1 N–H and O–H groups in total. The molecule has 2 rings (SSSR count). The van der Waals surface area contributed by atoms with Crippen LogP contribution in [0.4, 0.5) is 4.39 Å². The molecule has 1 aromatic rings. The summed E-state index contributed by atoms with van der Waals surface area (Å²) in [6, 6.07) is 5.87. The Morgan fingerprint density at radius 1 is 1.41 bits per heavy atom. The van der Waals surface area contributed by atoms with Gasteiger partial charge in [0, 0.05) is 13.2 Å². The van der Waals surface area contributed by atoms with E-state index in [-0.39, 0.29) is 11.7 Å². The van der Waals surface area contributed by atoms with Crippen molar-refractivity contribution < 1.29 is 19.0 Å². The maximum atomic E-state index is 13.1. The highest BCUT2D eigenvalue weighted by Crippen LogP contribution is 2.32. The molecule has 1 fully saturated rings. The molecule has 0 aromatic heterocycles. The zero-order valence-electron chi connectivity index (χ0n) is 9.43. The first-order valence-corrected chi connectivity index (χ1v) is 5.74. The van der Waals surface area contributed by atoms with E-state index >= 15 is 0 Å². The largest absolute Gasteiger partial charge is 0.481 e. The molecule has 4 heteroatoms. The van der Waals surface area contributed by atoms with Gasteiger partial charge in [0.25, 0.3) is 0 Å². The van der Waals surface area contributed by atoms with Crippen LogP contribution in [0.5, 0.6) is 0 Å². The van der Waals surface area contributed by atoms with Gasteiger partial charge < -0.3 is 9.84 Å². The van der Waals surface area contributed by atoms with Crippen molar-refractivity contribution in [2.75, 3.05) is 13.2 Å².